The number of aryl methyl sites for hydroxylation is 2. The maximum absolute atomic E-state index is 11.0. The number of anilines is 1. The maximum Gasteiger partial charge on any atom is 0.292 e. The van der Waals surface area contributed by atoms with Crippen molar-refractivity contribution in [3.63, 3.8) is 0 Å². The van der Waals surface area contributed by atoms with Gasteiger partial charge in [0.2, 0.25) is 0 Å². The highest BCUT2D eigenvalue weighted by Gasteiger charge is 2.11. The number of nitrogens with zero attached hydrogens (tertiary/aromatic N) is 3. The van der Waals surface area contributed by atoms with E-state index in [1.54, 1.807) is 29.5 Å². The number of aromatic nitrogens is 1. The number of nitro benzene ring substituents is 1. The van der Waals surface area contributed by atoms with Crippen molar-refractivity contribution in [1.29, 1.82) is 0 Å². The van der Waals surface area contributed by atoms with Crippen LogP contribution in [0.25, 0.3) is 0 Å². The Morgan fingerprint density at radius 3 is 2.70 bits per heavy atom. The lowest BCUT2D eigenvalue weighted by Gasteiger charge is -2.12. The lowest BCUT2D eigenvalue weighted by atomic mass is 10.2. The zero-order valence-electron chi connectivity index (χ0n) is 15.9. The third kappa shape index (κ3) is 6.52. The molecule has 0 spiro atoms. The third-order valence-corrected chi connectivity index (χ3v) is 4.98. The number of aliphatic imine (C=N–C) groups is 1. The summed E-state index contributed by atoms with van der Waals surface area (Å²) in [4.78, 5) is 21.0. The van der Waals surface area contributed by atoms with E-state index >= 15 is 0 Å². The van der Waals surface area contributed by atoms with E-state index in [1.807, 2.05) is 13.8 Å². The molecule has 27 heavy (non-hydrogen) atoms. The molecule has 0 aliphatic carbocycles. The lowest BCUT2D eigenvalue weighted by molar-refractivity contribution is -0.384. The van der Waals surface area contributed by atoms with Gasteiger partial charge in [-0.25, -0.2) is 4.98 Å². The van der Waals surface area contributed by atoms with Crippen molar-refractivity contribution in [3.05, 3.63) is 50.0 Å². The van der Waals surface area contributed by atoms with E-state index in [9.17, 15) is 10.1 Å². The molecule has 146 valence electrons. The Hall–Kier alpha value is -2.68. The van der Waals surface area contributed by atoms with E-state index in [4.69, 9.17) is 0 Å². The topological polar surface area (TPSA) is 104 Å². The summed E-state index contributed by atoms with van der Waals surface area (Å²) in [5, 5.41) is 21.6. The Kier molecular flexibility index (Phi) is 8.00. The molecule has 0 radical (unpaired) electrons. The molecule has 0 fully saturated rings. The highest BCUT2D eigenvalue weighted by atomic mass is 32.1. The largest absolute Gasteiger partial charge is 0.378 e. The monoisotopic (exact) mass is 390 g/mol. The predicted octanol–water partition coefficient (Wildman–Crippen LogP) is 2.88. The standard InChI is InChI=1S/C18H26N6O2S/c1-4-19-18(21-10-9-17-23-13(2)14(3)27-17)22-12-11-20-15-7-5-6-8-16(15)24(25)26/h5-8,20H,4,9-12H2,1-3H3,(H2,19,21,22). The second-order valence-corrected chi connectivity index (χ2v) is 7.18. The number of benzene rings is 1. The van der Waals surface area contributed by atoms with Gasteiger partial charge in [0, 0.05) is 43.5 Å². The molecule has 0 saturated carbocycles. The average molecular weight is 391 g/mol. The van der Waals surface area contributed by atoms with Crippen LogP contribution in [0.5, 0.6) is 0 Å². The van der Waals surface area contributed by atoms with Gasteiger partial charge in [-0.05, 0) is 26.8 Å². The molecular formula is C18H26N6O2S. The second kappa shape index (κ2) is 10.5. The molecular weight excluding hydrogens is 364 g/mol. The normalized spacial score (nSPS) is 11.3. The first-order valence-electron chi connectivity index (χ1n) is 8.93. The van der Waals surface area contributed by atoms with E-state index in [1.165, 1.54) is 10.9 Å². The van der Waals surface area contributed by atoms with Crippen molar-refractivity contribution in [2.24, 2.45) is 4.99 Å². The number of para-hydroxylation sites is 2. The van der Waals surface area contributed by atoms with E-state index in [-0.39, 0.29) is 10.6 Å². The molecule has 0 aliphatic heterocycles. The fourth-order valence-corrected chi connectivity index (χ4v) is 3.33. The zero-order chi connectivity index (χ0) is 19.6. The number of hydrogen-bond acceptors (Lipinski definition) is 6. The van der Waals surface area contributed by atoms with Gasteiger partial charge in [0.15, 0.2) is 5.96 Å². The van der Waals surface area contributed by atoms with Gasteiger partial charge < -0.3 is 16.0 Å². The Bertz CT molecular complexity index is 770. The van der Waals surface area contributed by atoms with Crippen molar-refractivity contribution < 1.29 is 4.92 Å². The first-order chi connectivity index (χ1) is 13.0. The molecule has 0 unspecified atom stereocenters. The molecule has 3 N–H and O–H groups in total. The Labute approximate surface area is 163 Å². The van der Waals surface area contributed by atoms with Crippen LogP contribution in [-0.4, -0.2) is 42.0 Å². The average Bonchev–Trinajstić information content (AvgIpc) is 2.96. The van der Waals surface area contributed by atoms with Crippen molar-refractivity contribution in [3.8, 4) is 0 Å². The number of nitro groups is 1. The van der Waals surface area contributed by atoms with E-state index in [0.717, 1.165) is 29.6 Å². The van der Waals surface area contributed by atoms with Crippen molar-refractivity contribution in [1.82, 2.24) is 15.6 Å². The van der Waals surface area contributed by atoms with Crippen LogP contribution in [0.1, 0.15) is 22.5 Å². The number of rotatable bonds is 9. The summed E-state index contributed by atoms with van der Waals surface area (Å²) >= 11 is 1.72. The number of hydrogen-bond donors (Lipinski definition) is 3. The van der Waals surface area contributed by atoms with Crippen LogP contribution in [0.3, 0.4) is 0 Å². The highest BCUT2D eigenvalue weighted by Crippen LogP contribution is 2.22. The smallest absolute Gasteiger partial charge is 0.292 e. The zero-order valence-corrected chi connectivity index (χ0v) is 16.7. The summed E-state index contributed by atoms with van der Waals surface area (Å²) in [6, 6.07) is 6.62. The molecule has 8 nitrogen and oxygen atoms in total. The van der Waals surface area contributed by atoms with Crippen molar-refractivity contribution in [2.75, 3.05) is 31.5 Å². The van der Waals surface area contributed by atoms with Gasteiger partial charge in [0.25, 0.3) is 5.69 Å². The van der Waals surface area contributed by atoms with Crippen LogP contribution in [0, 0.1) is 24.0 Å². The first kappa shape index (κ1) is 20.6. The highest BCUT2D eigenvalue weighted by molar-refractivity contribution is 7.11. The molecule has 1 aromatic carbocycles. The third-order valence-electron chi connectivity index (χ3n) is 3.85. The first-order valence-corrected chi connectivity index (χ1v) is 9.75. The van der Waals surface area contributed by atoms with Gasteiger partial charge in [-0.1, -0.05) is 12.1 Å². The number of thiazole rings is 1. The second-order valence-electron chi connectivity index (χ2n) is 5.89. The molecule has 0 saturated heterocycles. The minimum atomic E-state index is -0.386. The maximum atomic E-state index is 11.0. The van der Waals surface area contributed by atoms with E-state index in [2.05, 4.69) is 32.9 Å². The summed E-state index contributed by atoms with van der Waals surface area (Å²) in [7, 11) is 0. The fourth-order valence-electron chi connectivity index (χ4n) is 2.41. The van der Waals surface area contributed by atoms with E-state index < -0.39 is 0 Å². The number of guanidine groups is 1. The minimum Gasteiger partial charge on any atom is -0.378 e. The Morgan fingerprint density at radius 1 is 1.26 bits per heavy atom. The Balaban J connectivity index is 1.81. The summed E-state index contributed by atoms with van der Waals surface area (Å²) in [6.45, 7) is 8.66. The van der Waals surface area contributed by atoms with Gasteiger partial charge in [0.05, 0.1) is 15.6 Å². The van der Waals surface area contributed by atoms with Crippen LogP contribution in [0.2, 0.25) is 0 Å². The van der Waals surface area contributed by atoms with Gasteiger partial charge in [-0.15, -0.1) is 11.3 Å². The fraction of sp³-hybridized carbons (Fsp3) is 0.444. The van der Waals surface area contributed by atoms with Crippen LogP contribution in [0.4, 0.5) is 11.4 Å². The quantitative estimate of drug-likeness (QED) is 0.200. The molecule has 2 aromatic rings. The minimum absolute atomic E-state index is 0.0760. The summed E-state index contributed by atoms with van der Waals surface area (Å²) < 4.78 is 0. The van der Waals surface area contributed by atoms with Crippen LogP contribution < -0.4 is 16.0 Å². The predicted molar refractivity (Wildman–Crippen MR) is 111 cm³/mol. The van der Waals surface area contributed by atoms with E-state index in [0.29, 0.717) is 25.3 Å². The van der Waals surface area contributed by atoms with Crippen molar-refractivity contribution in [2.45, 2.75) is 27.2 Å². The molecule has 2 rings (SSSR count). The SMILES string of the molecule is CCNC(=NCCc1nc(C)c(C)s1)NCCNc1ccccc1[N+](=O)[O-]. The Morgan fingerprint density at radius 2 is 2.04 bits per heavy atom. The summed E-state index contributed by atoms with van der Waals surface area (Å²) in [6.07, 6.45) is 0.810. The van der Waals surface area contributed by atoms with Crippen LogP contribution in [-0.2, 0) is 6.42 Å². The number of nitrogens with one attached hydrogen (secondary N) is 3. The van der Waals surface area contributed by atoms with Crippen molar-refractivity contribution >= 4 is 28.7 Å². The summed E-state index contributed by atoms with van der Waals surface area (Å²) in [5.74, 6) is 0.729. The molecule has 9 heteroatoms. The summed E-state index contributed by atoms with van der Waals surface area (Å²) in [5.41, 5.74) is 1.68. The van der Waals surface area contributed by atoms with Crippen LogP contribution in [0.15, 0.2) is 29.3 Å². The van der Waals surface area contributed by atoms with Gasteiger partial charge in [-0.3, -0.25) is 15.1 Å². The molecule has 0 aliphatic rings. The molecule has 0 atom stereocenters. The molecule has 1 heterocycles. The molecule has 0 bridgehead atoms. The van der Waals surface area contributed by atoms with Gasteiger partial charge in [0.1, 0.15) is 5.69 Å². The lowest BCUT2D eigenvalue weighted by Crippen LogP contribution is -2.39. The van der Waals surface area contributed by atoms with Gasteiger partial charge in [-0.2, -0.15) is 0 Å². The van der Waals surface area contributed by atoms with Gasteiger partial charge >= 0.3 is 0 Å². The molecule has 0 amide bonds. The molecule has 1 aromatic heterocycles. The van der Waals surface area contributed by atoms with Crippen LogP contribution >= 0.6 is 11.3 Å².